The summed E-state index contributed by atoms with van der Waals surface area (Å²) in [7, 11) is 0. The highest BCUT2D eigenvalue weighted by molar-refractivity contribution is 5.98. The number of amides is 1. The average molecular weight is 307 g/mol. The molecular formula is C17H25NO4. The fourth-order valence-electron chi connectivity index (χ4n) is 1.72. The van der Waals surface area contributed by atoms with Crippen LogP contribution in [0.4, 0.5) is 0 Å². The maximum atomic E-state index is 12.1. The molecule has 0 aliphatic rings. The smallest absolute Gasteiger partial charge is 0.251 e. The lowest BCUT2D eigenvalue weighted by atomic mass is 9.91. The summed E-state index contributed by atoms with van der Waals surface area (Å²) in [4.78, 5) is 24.0. The number of Topliss-reactive ketones (excluding diaryl/α,β-unsaturated/α-hetero) is 1. The van der Waals surface area contributed by atoms with Crippen LogP contribution in [0.15, 0.2) is 18.2 Å². The largest absolute Gasteiger partial charge is 0.490 e. The van der Waals surface area contributed by atoms with E-state index in [4.69, 9.17) is 9.47 Å². The number of carbonyl (C=O) groups is 2. The maximum Gasteiger partial charge on any atom is 0.251 e. The molecular weight excluding hydrogens is 282 g/mol. The number of hydrogen-bond acceptors (Lipinski definition) is 4. The lowest BCUT2D eigenvalue weighted by molar-refractivity contribution is -0.125. The zero-order valence-corrected chi connectivity index (χ0v) is 14.0. The molecule has 0 aliphatic carbocycles. The number of ether oxygens (including phenoxy) is 2. The molecule has 1 aromatic rings. The molecule has 1 N–H and O–H groups in total. The Balaban J connectivity index is 2.81. The molecule has 22 heavy (non-hydrogen) atoms. The van der Waals surface area contributed by atoms with Crippen LogP contribution in [0.25, 0.3) is 0 Å². The first-order valence-electron chi connectivity index (χ1n) is 7.50. The van der Waals surface area contributed by atoms with Crippen LogP contribution in [0, 0.1) is 5.41 Å². The summed E-state index contributed by atoms with van der Waals surface area (Å²) >= 11 is 0. The van der Waals surface area contributed by atoms with E-state index in [2.05, 4.69) is 5.32 Å². The molecule has 0 bridgehead atoms. The van der Waals surface area contributed by atoms with Crippen molar-refractivity contribution < 1.29 is 19.1 Å². The van der Waals surface area contributed by atoms with Crippen LogP contribution in [0.5, 0.6) is 11.5 Å². The third kappa shape index (κ3) is 5.06. The number of nitrogens with one attached hydrogen (secondary N) is 1. The molecule has 0 saturated heterocycles. The van der Waals surface area contributed by atoms with Gasteiger partial charge in [-0.1, -0.05) is 20.8 Å². The van der Waals surface area contributed by atoms with Gasteiger partial charge in [0.25, 0.3) is 5.91 Å². The first kappa shape index (κ1) is 18.0. The van der Waals surface area contributed by atoms with Gasteiger partial charge in [0.1, 0.15) is 0 Å². The quantitative estimate of drug-likeness (QED) is 0.841. The van der Waals surface area contributed by atoms with Gasteiger partial charge in [0.2, 0.25) is 0 Å². The lowest BCUT2D eigenvalue weighted by Crippen LogP contribution is -2.35. The van der Waals surface area contributed by atoms with Crippen LogP contribution in [0.1, 0.15) is 45.0 Å². The predicted octanol–water partition coefficient (Wildman–Crippen LogP) is 2.83. The predicted molar refractivity (Wildman–Crippen MR) is 85.6 cm³/mol. The lowest BCUT2D eigenvalue weighted by Gasteiger charge is -2.17. The summed E-state index contributed by atoms with van der Waals surface area (Å²) < 4.78 is 10.9. The van der Waals surface area contributed by atoms with E-state index in [1.807, 2.05) is 34.6 Å². The van der Waals surface area contributed by atoms with Crippen molar-refractivity contribution in [3.63, 3.8) is 0 Å². The molecule has 0 unspecified atom stereocenters. The van der Waals surface area contributed by atoms with E-state index in [0.717, 1.165) is 0 Å². The molecule has 5 nitrogen and oxygen atoms in total. The van der Waals surface area contributed by atoms with Gasteiger partial charge < -0.3 is 14.8 Å². The van der Waals surface area contributed by atoms with E-state index in [-0.39, 0.29) is 18.2 Å². The Morgan fingerprint density at radius 2 is 1.64 bits per heavy atom. The summed E-state index contributed by atoms with van der Waals surface area (Å²) in [5, 5.41) is 2.64. The third-order valence-electron chi connectivity index (χ3n) is 3.05. The molecule has 0 heterocycles. The standard InChI is InChI=1S/C17H25NO4/c1-6-21-13-9-8-12(10-14(13)22-7-2)16(20)18-11-15(19)17(3,4)5/h8-10H,6-7,11H2,1-5H3,(H,18,20). The van der Waals surface area contributed by atoms with E-state index >= 15 is 0 Å². The van der Waals surface area contributed by atoms with Gasteiger partial charge in [0.15, 0.2) is 17.3 Å². The molecule has 122 valence electrons. The molecule has 0 spiro atoms. The average Bonchev–Trinajstić information content (AvgIpc) is 2.45. The molecule has 5 heteroatoms. The van der Waals surface area contributed by atoms with Gasteiger partial charge in [0, 0.05) is 11.0 Å². The van der Waals surface area contributed by atoms with Gasteiger partial charge in [-0.25, -0.2) is 0 Å². The summed E-state index contributed by atoms with van der Waals surface area (Å²) in [5.74, 6) is 0.809. The fraction of sp³-hybridized carbons (Fsp3) is 0.529. The molecule has 0 atom stereocenters. The molecule has 1 aromatic carbocycles. The number of benzene rings is 1. The van der Waals surface area contributed by atoms with Crippen LogP contribution in [0.3, 0.4) is 0 Å². The SMILES string of the molecule is CCOc1ccc(C(=O)NCC(=O)C(C)(C)C)cc1OCC. The summed E-state index contributed by atoms with van der Waals surface area (Å²) in [5.41, 5.74) is -0.0311. The van der Waals surface area contributed by atoms with Crippen molar-refractivity contribution in [2.75, 3.05) is 19.8 Å². The van der Waals surface area contributed by atoms with Gasteiger partial charge in [-0.05, 0) is 32.0 Å². The summed E-state index contributed by atoms with van der Waals surface area (Å²) in [6.07, 6.45) is 0. The molecule has 0 saturated carbocycles. The Hall–Kier alpha value is -2.04. The fourth-order valence-corrected chi connectivity index (χ4v) is 1.72. The molecule has 0 radical (unpaired) electrons. The number of rotatable bonds is 7. The minimum absolute atomic E-state index is 0.0134. The van der Waals surface area contributed by atoms with Gasteiger partial charge in [-0.2, -0.15) is 0 Å². The Bertz CT molecular complexity index is 532. The zero-order valence-electron chi connectivity index (χ0n) is 14.0. The highest BCUT2D eigenvalue weighted by atomic mass is 16.5. The van der Waals surface area contributed by atoms with E-state index in [1.54, 1.807) is 18.2 Å². The van der Waals surface area contributed by atoms with Gasteiger partial charge in [-0.15, -0.1) is 0 Å². The van der Waals surface area contributed by atoms with Crippen molar-refractivity contribution >= 4 is 11.7 Å². The second-order valence-electron chi connectivity index (χ2n) is 5.88. The van der Waals surface area contributed by atoms with Gasteiger partial charge in [0.05, 0.1) is 19.8 Å². The Morgan fingerprint density at radius 3 is 2.18 bits per heavy atom. The van der Waals surface area contributed by atoms with E-state index in [0.29, 0.717) is 30.3 Å². The van der Waals surface area contributed by atoms with Crippen LogP contribution in [-0.4, -0.2) is 31.4 Å². The van der Waals surface area contributed by atoms with Crippen LogP contribution >= 0.6 is 0 Å². The normalized spacial score (nSPS) is 11.0. The third-order valence-corrected chi connectivity index (χ3v) is 3.05. The minimum atomic E-state index is -0.470. The first-order valence-corrected chi connectivity index (χ1v) is 7.50. The summed E-state index contributed by atoms with van der Waals surface area (Å²) in [6, 6.07) is 4.99. The monoisotopic (exact) mass is 307 g/mol. The maximum absolute atomic E-state index is 12.1. The molecule has 0 aromatic heterocycles. The van der Waals surface area contributed by atoms with Crippen molar-refractivity contribution in [1.82, 2.24) is 5.32 Å². The van der Waals surface area contributed by atoms with E-state index in [9.17, 15) is 9.59 Å². The Morgan fingerprint density at radius 1 is 1.05 bits per heavy atom. The van der Waals surface area contributed by atoms with E-state index < -0.39 is 5.41 Å². The van der Waals surface area contributed by atoms with Crippen LogP contribution in [-0.2, 0) is 4.79 Å². The second-order valence-corrected chi connectivity index (χ2v) is 5.88. The zero-order chi connectivity index (χ0) is 16.8. The number of hydrogen-bond donors (Lipinski definition) is 1. The van der Waals surface area contributed by atoms with Gasteiger partial charge in [-0.3, -0.25) is 9.59 Å². The highest BCUT2D eigenvalue weighted by Crippen LogP contribution is 2.28. The Kier molecular flexibility index (Phi) is 6.40. The number of ketones is 1. The number of carbonyl (C=O) groups excluding carboxylic acids is 2. The first-order chi connectivity index (χ1) is 10.3. The highest BCUT2D eigenvalue weighted by Gasteiger charge is 2.21. The van der Waals surface area contributed by atoms with Crippen LogP contribution < -0.4 is 14.8 Å². The topological polar surface area (TPSA) is 64.6 Å². The van der Waals surface area contributed by atoms with Crippen molar-refractivity contribution in [2.45, 2.75) is 34.6 Å². The van der Waals surface area contributed by atoms with Gasteiger partial charge >= 0.3 is 0 Å². The van der Waals surface area contributed by atoms with Crippen LogP contribution in [0.2, 0.25) is 0 Å². The Labute approximate surface area is 132 Å². The molecule has 0 fully saturated rings. The minimum Gasteiger partial charge on any atom is -0.490 e. The molecule has 1 amide bonds. The van der Waals surface area contributed by atoms with E-state index in [1.165, 1.54) is 0 Å². The second kappa shape index (κ2) is 7.82. The molecule has 1 rings (SSSR count). The van der Waals surface area contributed by atoms with Crippen molar-refractivity contribution in [3.05, 3.63) is 23.8 Å². The molecule has 0 aliphatic heterocycles. The van der Waals surface area contributed by atoms with Crippen molar-refractivity contribution in [1.29, 1.82) is 0 Å². The van der Waals surface area contributed by atoms with Crippen molar-refractivity contribution in [3.8, 4) is 11.5 Å². The summed E-state index contributed by atoms with van der Waals surface area (Å²) in [6.45, 7) is 10.2. The van der Waals surface area contributed by atoms with Crippen molar-refractivity contribution in [2.24, 2.45) is 5.41 Å².